The predicted octanol–water partition coefficient (Wildman–Crippen LogP) is 3.41. The molecule has 1 heterocycles. The molecule has 1 aliphatic rings. The average molecular weight is 322 g/mol. The van der Waals surface area contributed by atoms with Gasteiger partial charge in [-0.1, -0.05) is 24.3 Å². The van der Waals surface area contributed by atoms with Crippen molar-refractivity contribution in [1.82, 2.24) is 5.32 Å². The van der Waals surface area contributed by atoms with E-state index < -0.39 is 0 Å². The van der Waals surface area contributed by atoms with E-state index in [1.165, 1.54) is 12.0 Å². The van der Waals surface area contributed by atoms with Gasteiger partial charge in [-0.15, -0.1) is 0 Å². The third-order valence-electron chi connectivity index (χ3n) is 4.12. The van der Waals surface area contributed by atoms with Gasteiger partial charge in [0.15, 0.2) is 0 Å². The summed E-state index contributed by atoms with van der Waals surface area (Å²) >= 11 is 0. The molecule has 0 radical (unpaired) electrons. The van der Waals surface area contributed by atoms with Crippen LogP contribution in [0.5, 0.6) is 5.75 Å². The molecular formula is C20H22N2O2. The van der Waals surface area contributed by atoms with Crippen molar-refractivity contribution >= 4 is 0 Å². The number of ether oxygens (including phenoxy) is 2. The first-order valence-electron chi connectivity index (χ1n) is 8.35. The van der Waals surface area contributed by atoms with E-state index in [1.54, 1.807) is 6.07 Å². The Morgan fingerprint density at radius 1 is 1.17 bits per heavy atom. The number of nitrogens with one attached hydrogen (secondary N) is 1. The molecule has 1 aliphatic heterocycles. The average Bonchev–Trinajstić information content (AvgIpc) is 2.66. The lowest BCUT2D eigenvalue weighted by Gasteiger charge is -2.23. The van der Waals surface area contributed by atoms with Crippen molar-refractivity contribution in [2.75, 3.05) is 13.2 Å². The van der Waals surface area contributed by atoms with Crippen LogP contribution >= 0.6 is 0 Å². The maximum Gasteiger partial charge on any atom is 0.120 e. The zero-order valence-corrected chi connectivity index (χ0v) is 13.7. The largest absolute Gasteiger partial charge is 0.489 e. The lowest BCUT2D eigenvalue weighted by molar-refractivity contribution is 0.0699. The minimum atomic E-state index is 0.442. The van der Waals surface area contributed by atoms with E-state index in [-0.39, 0.29) is 0 Å². The normalized spacial score (nSPS) is 17.2. The molecule has 4 heteroatoms. The van der Waals surface area contributed by atoms with Gasteiger partial charge in [-0.3, -0.25) is 0 Å². The van der Waals surface area contributed by atoms with E-state index in [1.807, 2.05) is 30.3 Å². The Hall–Kier alpha value is -2.35. The molecule has 0 amide bonds. The minimum Gasteiger partial charge on any atom is -0.489 e. The number of hydrogen-bond donors (Lipinski definition) is 1. The molecule has 4 nitrogen and oxygen atoms in total. The Morgan fingerprint density at radius 3 is 2.88 bits per heavy atom. The van der Waals surface area contributed by atoms with Crippen molar-refractivity contribution in [2.24, 2.45) is 0 Å². The molecule has 0 spiro atoms. The summed E-state index contributed by atoms with van der Waals surface area (Å²) < 4.78 is 11.4. The van der Waals surface area contributed by atoms with Gasteiger partial charge < -0.3 is 14.8 Å². The molecule has 0 aliphatic carbocycles. The van der Waals surface area contributed by atoms with Gasteiger partial charge in [-0.25, -0.2) is 0 Å². The lowest BCUT2D eigenvalue weighted by Crippen LogP contribution is -2.36. The van der Waals surface area contributed by atoms with E-state index >= 15 is 0 Å². The second-order valence-electron chi connectivity index (χ2n) is 6.04. The van der Waals surface area contributed by atoms with Crippen LogP contribution < -0.4 is 10.1 Å². The Balaban J connectivity index is 1.53. The highest BCUT2D eigenvalue weighted by molar-refractivity contribution is 5.33. The molecule has 1 fully saturated rings. The molecule has 2 aromatic carbocycles. The van der Waals surface area contributed by atoms with Crippen LogP contribution in [-0.4, -0.2) is 19.3 Å². The highest BCUT2D eigenvalue weighted by atomic mass is 16.5. The molecule has 0 bridgehead atoms. The van der Waals surface area contributed by atoms with Crippen LogP contribution in [0.1, 0.15) is 29.5 Å². The van der Waals surface area contributed by atoms with Crippen LogP contribution in [0.3, 0.4) is 0 Å². The van der Waals surface area contributed by atoms with Crippen LogP contribution in [0, 0.1) is 11.3 Å². The monoisotopic (exact) mass is 322 g/mol. The predicted molar refractivity (Wildman–Crippen MR) is 92.6 cm³/mol. The molecule has 0 saturated carbocycles. The molecule has 3 rings (SSSR count). The lowest BCUT2D eigenvalue weighted by atomic mass is 10.1. The highest BCUT2D eigenvalue weighted by Gasteiger charge is 2.12. The number of rotatable bonds is 6. The van der Waals surface area contributed by atoms with Gasteiger partial charge in [0.2, 0.25) is 0 Å². The van der Waals surface area contributed by atoms with Gasteiger partial charge in [-0.05, 0) is 48.2 Å². The maximum absolute atomic E-state index is 8.94. The van der Waals surface area contributed by atoms with Crippen LogP contribution in [0.2, 0.25) is 0 Å². The van der Waals surface area contributed by atoms with Crippen molar-refractivity contribution in [2.45, 2.75) is 32.0 Å². The topological polar surface area (TPSA) is 54.3 Å². The third-order valence-corrected chi connectivity index (χ3v) is 4.12. The second kappa shape index (κ2) is 8.49. The number of hydrogen-bond acceptors (Lipinski definition) is 4. The summed E-state index contributed by atoms with van der Waals surface area (Å²) in [7, 11) is 0. The standard InChI is InChI=1S/C20H22N2O2/c21-12-16-4-1-6-18(10-16)14-24-20-8-2-5-17(11-20)13-22-19-7-3-9-23-15-19/h1-2,4-6,8,10-11,19,22H,3,7,9,13-15H2. The van der Waals surface area contributed by atoms with Crippen LogP contribution in [0.4, 0.5) is 0 Å². The van der Waals surface area contributed by atoms with Crippen LogP contribution in [-0.2, 0) is 17.9 Å². The van der Waals surface area contributed by atoms with Gasteiger partial charge in [0, 0.05) is 19.2 Å². The summed E-state index contributed by atoms with van der Waals surface area (Å²) in [5, 5.41) is 12.5. The highest BCUT2D eigenvalue weighted by Crippen LogP contribution is 2.16. The SMILES string of the molecule is N#Cc1cccc(COc2cccc(CNC3CCCOC3)c2)c1. The Bertz CT molecular complexity index is 703. The van der Waals surface area contributed by atoms with Crippen molar-refractivity contribution in [3.8, 4) is 11.8 Å². The molecule has 1 unspecified atom stereocenters. The molecule has 0 aromatic heterocycles. The van der Waals surface area contributed by atoms with Gasteiger partial charge in [0.05, 0.1) is 18.2 Å². The number of nitrogens with zero attached hydrogens (tertiary/aromatic N) is 1. The smallest absolute Gasteiger partial charge is 0.120 e. The fourth-order valence-corrected chi connectivity index (χ4v) is 2.81. The van der Waals surface area contributed by atoms with E-state index in [0.717, 1.165) is 37.5 Å². The van der Waals surface area contributed by atoms with Crippen molar-refractivity contribution in [3.63, 3.8) is 0 Å². The quantitative estimate of drug-likeness (QED) is 0.885. The first-order valence-corrected chi connectivity index (χ1v) is 8.35. The first-order chi connectivity index (χ1) is 11.8. The number of benzene rings is 2. The summed E-state index contributed by atoms with van der Waals surface area (Å²) in [6, 6.07) is 18.2. The van der Waals surface area contributed by atoms with Crippen molar-refractivity contribution in [1.29, 1.82) is 5.26 Å². The first kappa shape index (κ1) is 16.5. The van der Waals surface area contributed by atoms with Crippen LogP contribution in [0.15, 0.2) is 48.5 Å². The minimum absolute atomic E-state index is 0.442. The summed E-state index contributed by atoms with van der Waals surface area (Å²) in [6.07, 6.45) is 2.30. The third kappa shape index (κ3) is 4.82. The van der Waals surface area contributed by atoms with Crippen molar-refractivity contribution in [3.05, 3.63) is 65.2 Å². The molecule has 2 aromatic rings. The molecule has 1 saturated heterocycles. The van der Waals surface area contributed by atoms with Gasteiger partial charge in [-0.2, -0.15) is 5.26 Å². The maximum atomic E-state index is 8.94. The molecular weight excluding hydrogens is 300 g/mol. The van der Waals surface area contributed by atoms with E-state index in [2.05, 4.69) is 23.5 Å². The second-order valence-corrected chi connectivity index (χ2v) is 6.04. The molecule has 1 N–H and O–H groups in total. The van der Waals surface area contributed by atoms with Gasteiger partial charge in [0.1, 0.15) is 12.4 Å². The summed E-state index contributed by atoms with van der Waals surface area (Å²) in [5.74, 6) is 0.844. The Labute approximate surface area is 143 Å². The van der Waals surface area contributed by atoms with Gasteiger partial charge in [0.25, 0.3) is 0 Å². The fraction of sp³-hybridized carbons (Fsp3) is 0.350. The van der Waals surface area contributed by atoms with Crippen LogP contribution in [0.25, 0.3) is 0 Å². The Morgan fingerprint density at radius 2 is 2.04 bits per heavy atom. The number of nitriles is 1. The summed E-state index contributed by atoms with van der Waals surface area (Å²) in [5.41, 5.74) is 2.85. The van der Waals surface area contributed by atoms with Gasteiger partial charge >= 0.3 is 0 Å². The summed E-state index contributed by atoms with van der Waals surface area (Å²) in [4.78, 5) is 0. The van der Waals surface area contributed by atoms with E-state index in [9.17, 15) is 0 Å². The van der Waals surface area contributed by atoms with Crippen molar-refractivity contribution < 1.29 is 9.47 Å². The van der Waals surface area contributed by atoms with E-state index in [4.69, 9.17) is 14.7 Å². The zero-order valence-electron chi connectivity index (χ0n) is 13.7. The Kier molecular flexibility index (Phi) is 5.84. The molecule has 1 atom stereocenters. The molecule has 24 heavy (non-hydrogen) atoms. The van der Waals surface area contributed by atoms with E-state index in [0.29, 0.717) is 18.2 Å². The molecule has 124 valence electrons. The zero-order chi connectivity index (χ0) is 16.6. The summed E-state index contributed by atoms with van der Waals surface area (Å²) in [6.45, 7) is 2.96. The fourth-order valence-electron chi connectivity index (χ4n) is 2.81.